The summed E-state index contributed by atoms with van der Waals surface area (Å²) in [5.74, 6) is 0.510. The molecule has 0 aliphatic rings. The maximum atomic E-state index is 10.2. The molecule has 0 aromatic heterocycles. The highest BCUT2D eigenvalue weighted by molar-refractivity contribution is 5.30. The fraction of sp³-hybridized carbons (Fsp3) is 0.571. The fourth-order valence-corrected chi connectivity index (χ4v) is 2.10. The van der Waals surface area contributed by atoms with Crippen molar-refractivity contribution in [3.05, 3.63) is 34.9 Å². The number of hydrogen-bond donors (Lipinski definition) is 2. The largest absolute Gasteiger partial charge is 0.387 e. The Labute approximate surface area is 98.5 Å². The molecule has 0 heterocycles. The molecule has 1 rings (SSSR count). The van der Waals surface area contributed by atoms with E-state index in [2.05, 4.69) is 19.9 Å². The zero-order valence-corrected chi connectivity index (χ0v) is 10.7. The van der Waals surface area contributed by atoms with Crippen molar-refractivity contribution in [2.45, 2.75) is 46.3 Å². The molecule has 2 heteroatoms. The molecule has 2 unspecified atom stereocenters. The Balaban J connectivity index is 2.82. The molecule has 0 radical (unpaired) electrons. The van der Waals surface area contributed by atoms with E-state index in [-0.39, 0.29) is 6.04 Å². The van der Waals surface area contributed by atoms with Gasteiger partial charge in [0.25, 0.3) is 0 Å². The lowest BCUT2D eigenvalue weighted by atomic mass is 9.93. The summed E-state index contributed by atoms with van der Waals surface area (Å²) in [7, 11) is 0. The van der Waals surface area contributed by atoms with Gasteiger partial charge in [0.05, 0.1) is 6.10 Å². The summed E-state index contributed by atoms with van der Waals surface area (Å²) in [5.41, 5.74) is 9.28. The first-order chi connectivity index (χ1) is 7.40. The van der Waals surface area contributed by atoms with Crippen LogP contribution < -0.4 is 5.73 Å². The lowest BCUT2D eigenvalue weighted by Crippen LogP contribution is -2.29. The minimum Gasteiger partial charge on any atom is -0.387 e. The summed E-state index contributed by atoms with van der Waals surface area (Å²) in [6.07, 6.45) is 0.287. The average molecular weight is 221 g/mol. The topological polar surface area (TPSA) is 46.2 Å². The Kier molecular flexibility index (Phi) is 4.51. The SMILES string of the molecule is Cc1cc(C)cc(C(O)C(N)CC(C)C)c1. The molecule has 1 aromatic rings. The van der Waals surface area contributed by atoms with Crippen molar-refractivity contribution in [3.63, 3.8) is 0 Å². The maximum absolute atomic E-state index is 10.2. The molecular formula is C14H23NO. The van der Waals surface area contributed by atoms with Crippen LogP contribution in [-0.4, -0.2) is 11.1 Å². The fourth-order valence-electron chi connectivity index (χ4n) is 2.10. The van der Waals surface area contributed by atoms with E-state index in [9.17, 15) is 5.11 Å². The highest BCUT2D eigenvalue weighted by Crippen LogP contribution is 2.22. The second kappa shape index (κ2) is 5.46. The van der Waals surface area contributed by atoms with Gasteiger partial charge >= 0.3 is 0 Å². The van der Waals surface area contributed by atoms with E-state index in [4.69, 9.17) is 5.73 Å². The van der Waals surface area contributed by atoms with Gasteiger partial charge in [0, 0.05) is 6.04 Å². The van der Waals surface area contributed by atoms with E-state index in [0.717, 1.165) is 12.0 Å². The highest BCUT2D eigenvalue weighted by Gasteiger charge is 2.18. The van der Waals surface area contributed by atoms with E-state index < -0.39 is 6.10 Å². The molecule has 0 fully saturated rings. The van der Waals surface area contributed by atoms with E-state index in [1.165, 1.54) is 11.1 Å². The third-order valence-corrected chi connectivity index (χ3v) is 2.73. The van der Waals surface area contributed by atoms with Crippen molar-refractivity contribution >= 4 is 0 Å². The van der Waals surface area contributed by atoms with Crippen LogP contribution in [0, 0.1) is 19.8 Å². The van der Waals surface area contributed by atoms with Crippen molar-refractivity contribution in [3.8, 4) is 0 Å². The molecule has 0 saturated heterocycles. The molecule has 0 saturated carbocycles. The molecule has 0 spiro atoms. The molecule has 2 nitrogen and oxygen atoms in total. The Morgan fingerprint density at radius 1 is 1.12 bits per heavy atom. The second-order valence-corrected chi connectivity index (χ2v) is 5.16. The number of hydrogen-bond acceptors (Lipinski definition) is 2. The van der Waals surface area contributed by atoms with E-state index in [1.807, 2.05) is 26.0 Å². The van der Waals surface area contributed by atoms with Crippen LogP contribution in [0.25, 0.3) is 0 Å². The van der Waals surface area contributed by atoms with Crippen LogP contribution in [0.4, 0.5) is 0 Å². The molecule has 90 valence electrons. The van der Waals surface area contributed by atoms with Crippen LogP contribution in [0.2, 0.25) is 0 Å². The maximum Gasteiger partial charge on any atom is 0.0941 e. The summed E-state index contributed by atoms with van der Waals surface area (Å²) in [4.78, 5) is 0. The van der Waals surface area contributed by atoms with Crippen molar-refractivity contribution in [2.24, 2.45) is 11.7 Å². The molecule has 1 aromatic carbocycles. The summed E-state index contributed by atoms with van der Waals surface area (Å²) < 4.78 is 0. The average Bonchev–Trinajstić information content (AvgIpc) is 2.13. The van der Waals surface area contributed by atoms with Crippen LogP contribution in [0.5, 0.6) is 0 Å². The van der Waals surface area contributed by atoms with Gasteiger partial charge in [-0.25, -0.2) is 0 Å². The summed E-state index contributed by atoms with van der Waals surface area (Å²) >= 11 is 0. The number of aliphatic hydroxyl groups is 1. The number of nitrogens with two attached hydrogens (primary N) is 1. The predicted octanol–water partition coefficient (Wildman–Crippen LogP) is 2.71. The Hall–Kier alpha value is -0.860. The third-order valence-electron chi connectivity index (χ3n) is 2.73. The van der Waals surface area contributed by atoms with Gasteiger partial charge in [-0.05, 0) is 31.7 Å². The van der Waals surface area contributed by atoms with E-state index in [0.29, 0.717) is 5.92 Å². The van der Waals surface area contributed by atoms with E-state index >= 15 is 0 Å². The predicted molar refractivity (Wildman–Crippen MR) is 68.3 cm³/mol. The zero-order chi connectivity index (χ0) is 12.3. The summed E-state index contributed by atoms with van der Waals surface area (Å²) in [6.45, 7) is 8.32. The van der Waals surface area contributed by atoms with Crippen LogP contribution in [0.1, 0.15) is 43.1 Å². The molecule has 2 atom stereocenters. The molecular weight excluding hydrogens is 198 g/mol. The van der Waals surface area contributed by atoms with Crippen molar-refractivity contribution in [2.75, 3.05) is 0 Å². The van der Waals surface area contributed by atoms with Gasteiger partial charge in [0.15, 0.2) is 0 Å². The van der Waals surface area contributed by atoms with Crippen molar-refractivity contribution in [1.82, 2.24) is 0 Å². The molecule has 0 bridgehead atoms. The lowest BCUT2D eigenvalue weighted by Gasteiger charge is -2.21. The Morgan fingerprint density at radius 3 is 2.06 bits per heavy atom. The number of benzene rings is 1. The van der Waals surface area contributed by atoms with Gasteiger partial charge in [-0.15, -0.1) is 0 Å². The second-order valence-electron chi connectivity index (χ2n) is 5.16. The minimum atomic E-state index is -0.555. The number of aliphatic hydroxyl groups excluding tert-OH is 1. The van der Waals surface area contributed by atoms with Crippen LogP contribution in [0.15, 0.2) is 18.2 Å². The van der Waals surface area contributed by atoms with Crippen LogP contribution in [0.3, 0.4) is 0 Å². The zero-order valence-electron chi connectivity index (χ0n) is 10.7. The smallest absolute Gasteiger partial charge is 0.0941 e. The first kappa shape index (κ1) is 13.2. The van der Waals surface area contributed by atoms with Gasteiger partial charge < -0.3 is 10.8 Å². The number of aryl methyl sites for hydroxylation is 2. The molecule has 16 heavy (non-hydrogen) atoms. The van der Waals surface area contributed by atoms with Gasteiger partial charge in [0.1, 0.15) is 0 Å². The van der Waals surface area contributed by atoms with Gasteiger partial charge in [-0.1, -0.05) is 43.2 Å². The van der Waals surface area contributed by atoms with E-state index in [1.54, 1.807) is 0 Å². The summed E-state index contributed by atoms with van der Waals surface area (Å²) in [5, 5.41) is 10.2. The third kappa shape index (κ3) is 3.62. The standard InChI is InChI=1S/C14H23NO/c1-9(2)5-13(15)14(16)12-7-10(3)6-11(4)8-12/h6-9,13-14,16H,5,15H2,1-4H3. The van der Waals surface area contributed by atoms with Crippen molar-refractivity contribution < 1.29 is 5.11 Å². The van der Waals surface area contributed by atoms with Crippen molar-refractivity contribution in [1.29, 1.82) is 0 Å². The Morgan fingerprint density at radius 2 is 1.62 bits per heavy atom. The Bertz CT molecular complexity index is 326. The quantitative estimate of drug-likeness (QED) is 0.821. The minimum absolute atomic E-state index is 0.179. The highest BCUT2D eigenvalue weighted by atomic mass is 16.3. The monoisotopic (exact) mass is 221 g/mol. The van der Waals surface area contributed by atoms with Gasteiger partial charge in [0.2, 0.25) is 0 Å². The lowest BCUT2D eigenvalue weighted by molar-refractivity contribution is 0.136. The van der Waals surface area contributed by atoms with Gasteiger partial charge in [-0.3, -0.25) is 0 Å². The first-order valence-electron chi connectivity index (χ1n) is 5.92. The first-order valence-corrected chi connectivity index (χ1v) is 5.92. The van der Waals surface area contributed by atoms with Gasteiger partial charge in [-0.2, -0.15) is 0 Å². The molecule has 0 amide bonds. The van der Waals surface area contributed by atoms with Crippen LogP contribution in [-0.2, 0) is 0 Å². The number of rotatable bonds is 4. The summed E-state index contributed by atoms with van der Waals surface area (Å²) in [6, 6.07) is 5.95. The molecule has 3 N–H and O–H groups in total. The molecule has 0 aliphatic carbocycles. The normalized spacial score (nSPS) is 15.2. The van der Waals surface area contributed by atoms with Crippen LogP contribution >= 0.6 is 0 Å². The molecule has 0 aliphatic heterocycles.